The van der Waals surface area contributed by atoms with Crippen LogP contribution in [0.3, 0.4) is 0 Å². The summed E-state index contributed by atoms with van der Waals surface area (Å²) in [4.78, 5) is 12.1. The number of rotatable bonds is 2. The minimum Gasteiger partial charge on any atom is -0.300 e. The zero-order chi connectivity index (χ0) is 16.9. The van der Waals surface area contributed by atoms with E-state index in [9.17, 15) is 4.79 Å². The average molecular weight is 335 g/mol. The molecule has 0 aromatic heterocycles. The minimum absolute atomic E-state index is 0.511. The summed E-state index contributed by atoms with van der Waals surface area (Å²) in [6, 6.07) is 0. The Kier molecular flexibility index (Phi) is 4.81. The largest absolute Gasteiger partial charge is 0.300 e. The Labute approximate surface area is 139 Å². The molecule has 2 atom stereocenters. The molecule has 124 valence electrons. The van der Waals surface area contributed by atoms with Crippen molar-refractivity contribution in [3.63, 3.8) is 0 Å². The summed E-state index contributed by atoms with van der Waals surface area (Å²) in [5.74, 6) is 1.74. The van der Waals surface area contributed by atoms with Crippen molar-refractivity contribution in [2.24, 2.45) is 11.8 Å². The Balaban J connectivity index is 2.61. The van der Waals surface area contributed by atoms with Gasteiger partial charge in [-0.3, -0.25) is 4.79 Å². The molecule has 1 fully saturated rings. The summed E-state index contributed by atoms with van der Waals surface area (Å²) in [5, 5.41) is 3.45. The van der Waals surface area contributed by atoms with Crippen LogP contribution >= 0.6 is 0 Å². The molecule has 22 heavy (non-hydrogen) atoms. The molecule has 0 amide bonds. The smallest absolute Gasteiger partial charge is 0.133 e. The second-order valence-corrected chi connectivity index (χ2v) is 19.8. The molecule has 0 radical (unpaired) electrons. The van der Waals surface area contributed by atoms with E-state index in [1.807, 2.05) is 0 Å². The summed E-state index contributed by atoms with van der Waals surface area (Å²) in [7, 11) is -2.67. The highest BCUT2D eigenvalue weighted by Gasteiger charge is 2.39. The van der Waals surface area contributed by atoms with E-state index in [0.717, 1.165) is 12.8 Å². The Bertz CT molecular complexity index is 493. The predicted molar refractivity (Wildman–Crippen MR) is 103 cm³/mol. The fraction of sp³-hybridized carbons (Fsp3) is 0.737. The third-order valence-corrected chi connectivity index (χ3v) is 10.6. The second kappa shape index (κ2) is 5.90. The van der Waals surface area contributed by atoms with Gasteiger partial charge in [-0.15, -0.1) is 0 Å². The van der Waals surface area contributed by atoms with Gasteiger partial charge in [-0.1, -0.05) is 60.8 Å². The van der Waals surface area contributed by atoms with Crippen LogP contribution in [-0.4, -0.2) is 21.9 Å². The highest BCUT2D eigenvalue weighted by Crippen LogP contribution is 2.45. The molecule has 0 unspecified atom stereocenters. The van der Waals surface area contributed by atoms with E-state index in [4.69, 9.17) is 0 Å². The first-order chi connectivity index (χ1) is 9.91. The summed E-state index contributed by atoms with van der Waals surface area (Å²) < 4.78 is 0. The number of ketones is 1. The topological polar surface area (TPSA) is 17.1 Å². The Morgan fingerprint density at radius 3 is 1.27 bits per heavy atom. The molecule has 1 saturated carbocycles. The Morgan fingerprint density at radius 2 is 1.00 bits per heavy atom. The van der Waals surface area contributed by atoms with Crippen LogP contribution < -0.4 is 0 Å². The van der Waals surface area contributed by atoms with Gasteiger partial charge in [0.1, 0.15) is 5.78 Å². The Morgan fingerprint density at radius 1 is 0.682 bits per heavy atom. The number of Topliss-reactive ketones (excluding diaryl/α,β-unsaturated/α-hetero) is 1. The highest BCUT2D eigenvalue weighted by atomic mass is 28.3. The number of allylic oxidation sites excluding steroid dienone is 4. The van der Waals surface area contributed by atoms with Crippen LogP contribution in [0.4, 0.5) is 0 Å². The lowest BCUT2D eigenvalue weighted by molar-refractivity contribution is -0.117. The van der Waals surface area contributed by atoms with Crippen molar-refractivity contribution >= 4 is 21.9 Å². The normalized spacial score (nSPS) is 34.5. The standard InChI is InChI=1S/C19H34OSi2/c1-13-14(2)19(22(6,7)8)12-16-10-17(20)9-15(16)11-18(13)21(3,4)5/h15-16H,9-12H2,1-8H3/b18-13+,19-14+/t15-,16-/m0/s1. The molecule has 0 aliphatic heterocycles. The van der Waals surface area contributed by atoms with Crippen LogP contribution in [0.15, 0.2) is 21.5 Å². The van der Waals surface area contributed by atoms with Gasteiger partial charge in [-0.25, -0.2) is 0 Å². The predicted octanol–water partition coefficient (Wildman–Crippen LogP) is 5.76. The quantitative estimate of drug-likeness (QED) is 0.586. The summed E-state index contributed by atoms with van der Waals surface area (Å²) >= 11 is 0. The first-order valence-corrected chi connectivity index (χ1v) is 15.8. The number of fused-ring (bicyclic) bond motifs is 1. The van der Waals surface area contributed by atoms with Gasteiger partial charge in [0.25, 0.3) is 0 Å². The van der Waals surface area contributed by atoms with E-state index in [2.05, 4.69) is 53.1 Å². The molecule has 0 heterocycles. The van der Waals surface area contributed by atoms with Gasteiger partial charge < -0.3 is 0 Å². The molecule has 0 aromatic rings. The maximum atomic E-state index is 12.1. The second-order valence-electron chi connectivity index (χ2n) is 9.58. The maximum absolute atomic E-state index is 12.1. The van der Waals surface area contributed by atoms with Crippen molar-refractivity contribution in [1.29, 1.82) is 0 Å². The number of carbonyl (C=O) groups excluding carboxylic acids is 1. The lowest BCUT2D eigenvalue weighted by Crippen LogP contribution is -2.33. The molecule has 0 bridgehead atoms. The molecule has 0 spiro atoms. The molecule has 0 N–H and O–H groups in total. The van der Waals surface area contributed by atoms with Gasteiger partial charge in [0.05, 0.1) is 16.1 Å². The summed E-state index contributed by atoms with van der Waals surface area (Å²) in [5.41, 5.74) is 3.16. The summed E-state index contributed by atoms with van der Waals surface area (Å²) in [6.07, 6.45) is 4.05. The van der Waals surface area contributed by atoms with Crippen LogP contribution in [0.5, 0.6) is 0 Å². The minimum atomic E-state index is -1.34. The molecule has 3 heteroatoms. The van der Waals surface area contributed by atoms with Crippen molar-refractivity contribution in [1.82, 2.24) is 0 Å². The SMILES string of the molecule is CC1=C(\[Si](C)(C)C)C[C@@H]2CC(=O)C[C@H]2C/C([Si](C)(C)C)=C\1C. The lowest BCUT2D eigenvalue weighted by Gasteiger charge is -2.36. The van der Waals surface area contributed by atoms with Crippen LogP contribution in [-0.2, 0) is 4.79 Å². The van der Waals surface area contributed by atoms with Gasteiger partial charge in [0.15, 0.2) is 0 Å². The maximum Gasteiger partial charge on any atom is 0.133 e. The van der Waals surface area contributed by atoms with E-state index >= 15 is 0 Å². The van der Waals surface area contributed by atoms with Crippen molar-refractivity contribution in [3.8, 4) is 0 Å². The van der Waals surface area contributed by atoms with E-state index < -0.39 is 16.1 Å². The van der Waals surface area contributed by atoms with Crippen LogP contribution in [0.2, 0.25) is 39.3 Å². The van der Waals surface area contributed by atoms with Gasteiger partial charge in [-0.05, 0) is 38.5 Å². The fourth-order valence-electron chi connectivity index (χ4n) is 4.50. The van der Waals surface area contributed by atoms with E-state index in [1.54, 1.807) is 21.5 Å². The highest BCUT2D eigenvalue weighted by molar-refractivity contribution is 6.84. The molecule has 0 saturated heterocycles. The van der Waals surface area contributed by atoms with E-state index in [-0.39, 0.29) is 0 Å². The summed E-state index contributed by atoms with van der Waals surface area (Å²) in [6.45, 7) is 19.6. The average Bonchev–Trinajstić information content (AvgIpc) is 2.67. The zero-order valence-electron chi connectivity index (χ0n) is 15.9. The van der Waals surface area contributed by atoms with Crippen LogP contribution in [0.25, 0.3) is 0 Å². The van der Waals surface area contributed by atoms with Crippen molar-refractivity contribution in [3.05, 3.63) is 21.5 Å². The molecule has 2 aliphatic rings. The van der Waals surface area contributed by atoms with E-state index in [0.29, 0.717) is 17.6 Å². The van der Waals surface area contributed by atoms with Crippen molar-refractivity contribution in [2.75, 3.05) is 0 Å². The Hall–Kier alpha value is -0.416. The monoisotopic (exact) mass is 334 g/mol. The van der Waals surface area contributed by atoms with Crippen molar-refractivity contribution < 1.29 is 4.79 Å². The van der Waals surface area contributed by atoms with Crippen LogP contribution in [0, 0.1) is 11.8 Å². The lowest BCUT2D eigenvalue weighted by atomic mass is 9.85. The molecular weight excluding hydrogens is 300 g/mol. The molecule has 2 aliphatic carbocycles. The molecule has 0 aromatic carbocycles. The van der Waals surface area contributed by atoms with Gasteiger partial charge in [-0.2, -0.15) is 0 Å². The van der Waals surface area contributed by atoms with E-state index in [1.165, 1.54) is 12.8 Å². The van der Waals surface area contributed by atoms with Gasteiger partial charge in [0, 0.05) is 12.8 Å². The molecule has 2 rings (SSSR count). The zero-order valence-corrected chi connectivity index (χ0v) is 17.9. The van der Waals surface area contributed by atoms with Gasteiger partial charge >= 0.3 is 0 Å². The van der Waals surface area contributed by atoms with Gasteiger partial charge in [0.2, 0.25) is 0 Å². The molecule has 1 nitrogen and oxygen atoms in total. The fourth-order valence-corrected chi connectivity index (χ4v) is 8.87. The molecular formula is C19H34OSi2. The number of carbonyl (C=O) groups is 1. The first-order valence-electron chi connectivity index (χ1n) is 8.83. The van der Waals surface area contributed by atoms with Crippen LogP contribution in [0.1, 0.15) is 39.5 Å². The third-order valence-electron chi connectivity index (χ3n) is 5.86. The first kappa shape index (κ1) is 17.9. The third kappa shape index (κ3) is 3.56. The van der Waals surface area contributed by atoms with Crippen molar-refractivity contribution in [2.45, 2.75) is 78.8 Å². The number of hydrogen-bond donors (Lipinski definition) is 0. The number of hydrogen-bond acceptors (Lipinski definition) is 1.